The van der Waals surface area contributed by atoms with Crippen molar-refractivity contribution in [3.63, 3.8) is 0 Å². The molecule has 2 heterocycles. The van der Waals surface area contributed by atoms with E-state index >= 15 is 0 Å². The Labute approximate surface area is 244 Å². The fourth-order valence-corrected chi connectivity index (χ4v) is 5.49. The minimum atomic E-state index is -0.520. The van der Waals surface area contributed by atoms with Gasteiger partial charge >= 0.3 is 0 Å². The van der Waals surface area contributed by atoms with E-state index in [4.69, 9.17) is 12.2 Å². The summed E-state index contributed by atoms with van der Waals surface area (Å²) in [5.41, 5.74) is 4.06. The first-order chi connectivity index (χ1) is 19.8. The first kappa shape index (κ1) is 28.0. The highest BCUT2D eigenvalue weighted by atomic mass is 32.1. The first-order valence-corrected chi connectivity index (χ1v) is 14.1. The number of carbonyl (C=O) groups is 2. The number of hydrogen-bond acceptors (Lipinski definition) is 7. The molecule has 11 heteroatoms. The van der Waals surface area contributed by atoms with Crippen LogP contribution in [0.15, 0.2) is 66.7 Å². The van der Waals surface area contributed by atoms with E-state index in [9.17, 15) is 19.7 Å². The van der Waals surface area contributed by atoms with Crippen LogP contribution in [0, 0.1) is 17.0 Å². The van der Waals surface area contributed by atoms with Crippen molar-refractivity contribution in [2.24, 2.45) is 0 Å². The molecule has 2 aliphatic heterocycles. The van der Waals surface area contributed by atoms with Crippen molar-refractivity contribution in [1.29, 1.82) is 0 Å². The number of carbonyl (C=O) groups excluding carboxylic acids is 2. The number of nitro benzene ring substituents is 1. The van der Waals surface area contributed by atoms with Crippen LogP contribution in [0.5, 0.6) is 0 Å². The SMILES string of the molecule is Cc1ccccc1C(=O)N1CCN(c2ccc(NC(=S)NC(=O)c3ccc(N4CCCC4)c([N+](=O)[O-])c3)cc2)CC1. The minimum Gasteiger partial charge on any atom is -0.368 e. The van der Waals surface area contributed by atoms with Gasteiger partial charge < -0.3 is 20.0 Å². The molecule has 0 bridgehead atoms. The standard InChI is InChI=1S/C30H32N6O4S/c1-21-6-2-3-7-25(21)29(38)35-18-16-33(17-19-35)24-11-9-23(10-12-24)31-30(41)32-28(37)22-8-13-26(27(20-22)36(39)40)34-14-4-5-15-34/h2-3,6-13,20H,4-5,14-19H2,1H3,(H2,31,32,37,41). The summed E-state index contributed by atoms with van der Waals surface area (Å²) in [6.07, 6.45) is 1.99. The normalized spacial score (nSPS) is 15.0. The van der Waals surface area contributed by atoms with Crippen molar-refractivity contribution < 1.29 is 14.5 Å². The van der Waals surface area contributed by atoms with Crippen molar-refractivity contribution in [2.45, 2.75) is 19.8 Å². The lowest BCUT2D eigenvalue weighted by atomic mass is 10.1. The van der Waals surface area contributed by atoms with Crippen molar-refractivity contribution >= 4 is 51.9 Å². The van der Waals surface area contributed by atoms with Crippen molar-refractivity contribution in [3.8, 4) is 0 Å². The van der Waals surface area contributed by atoms with Gasteiger partial charge in [-0.25, -0.2) is 0 Å². The van der Waals surface area contributed by atoms with E-state index in [-0.39, 0.29) is 22.3 Å². The van der Waals surface area contributed by atoms with Gasteiger partial charge in [0.05, 0.1) is 4.92 Å². The molecule has 10 nitrogen and oxygen atoms in total. The first-order valence-electron chi connectivity index (χ1n) is 13.7. The lowest BCUT2D eigenvalue weighted by molar-refractivity contribution is -0.384. The number of aryl methyl sites for hydroxylation is 1. The number of amides is 2. The Hall–Kier alpha value is -4.51. The van der Waals surface area contributed by atoms with E-state index in [0.717, 1.165) is 55.8 Å². The predicted octanol–water partition coefficient (Wildman–Crippen LogP) is 4.59. The van der Waals surface area contributed by atoms with Crippen LogP contribution in [0.3, 0.4) is 0 Å². The maximum atomic E-state index is 12.9. The average molecular weight is 573 g/mol. The third kappa shape index (κ3) is 6.46. The fourth-order valence-electron chi connectivity index (χ4n) is 5.28. The fraction of sp³-hybridized carbons (Fsp3) is 0.300. The molecule has 3 aromatic rings. The van der Waals surface area contributed by atoms with E-state index in [1.54, 1.807) is 12.1 Å². The van der Waals surface area contributed by atoms with Crippen molar-refractivity contribution in [3.05, 3.63) is 93.5 Å². The number of piperazine rings is 1. The number of nitrogens with one attached hydrogen (secondary N) is 2. The summed E-state index contributed by atoms with van der Waals surface area (Å²) >= 11 is 5.32. The number of nitrogens with zero attached hydrogens (tertiary/aromatic N) is 4. The van der Waals surface area contributed by atoms with E-state index in [1.165, 1.54) is 6.07 Å². The smallest absolute Gasteiger partial charge is 0.293 e. The van der Waals surface area contributed by atoms with Gasteiger partial charge in [0.15, 0.2) is 5.11 Å². The van der Waals surface area contributed by atoms with Gasteiger partial charge in [-0.1, -0.05) is 18.2 Å². The lowest BCUT2D eigenvalue weighted by Crippen LogP contribution is -2.48. The lowest BCUT2D eigenvalue weighted by Gasteiger charge is -2.36. The zero-order valence-electron chi connectivity index (χ0n) is 22.8. The number of nitro groups is 1. The Balaban J connectivity index is 1.14. The molecule has 0 unspecified atom stereocenters. The molecule has 2 N–H and O–H groups in total. The van der Waals surface area contributed by atoms with Crippen LogP contribution in [-0.4, -0.2) is 66.0 Å². The molecule has 2 amide bonds. The quantitative estimate of drug-likeness (QED) is 0.251. The van der Waals surface area contributed by atoms with Crippen LogP contribution < -0.4 is 20.4 Å². The number of rotatable bonds is 6. The number of benzene rings is 3. The van der Waals surface area contributed by atoms with Gasteiger partial charge in [-0.2, -0.15) is 0 Å². The molecule has 0 spiro atoms. The maximum Gasteiger partial charge on any atom is 0.293 e. The van der Waals surface area contributed by atoms with Crippen LogP contribution in [-0.2, 0) is 0 Å². The molecule has 2 saturated heterocycles. The second-order valence-electron chi connectivity index (χ2n) is 10.2. The molecule has 2 fully saturated rings. The topological polar surface area (TPSA) is 111 Å². The molecule has 0 aromatic heterocycles. The Kier molecular flexibility index (Phi) is 8.44. The van der Waals surface area contributed by atoms with Gasteiger partial charge in [-0.05, 0) is 80.0 Å². The highest BCUT2D eigenvalue weighted by Gasteiger charge is 2.25. The van der Waals surface area contributed by atoms with Crippen molar-refractivity contribution in [1.82, 2.24) is 10.2 Å². The number of thiocarbonyl (C=S) groups is 1. The second-order valence-corrected chi connectivity index (χ2v) is 10.6. The molecule has 2 aliphatic rings. The molecule has 0 aliphatic carbocycles. The third-order valence-corrected chi connectivity index (χ3v) is 7.74. The van der Waals surface area contributed by atoms with Crippen molar-refractivity contribution in [2.75, 3.05) is 54.4 Å². The zero-order valence-corrected chi connectivity index (χ0v) is 23.7. The Morgan fingerprint density at radius 1 is 0.878 bits per heavy atom. The van der Waals surface area contributed by atoms with E-state index < -0.39 is 10.8 Å². The largest absolute Gasteiger partial charge is 0.368 e. The molecule has 0 radical (unpaired) electrons. The highest BCUT2D eigenvalue weighted by molar-refractivity contribution is 7.80. The van der Waals surface area contributed by atoms with E-state index in [0.29, 0.717) is 24.5 Å². The Bertz CT molecular complexity index is 1460. The van der Waals surface area contributed by atoms with Crippen LogP contribution in [0.4, 0.5) is 22.7 Å². The summed E-state index contributed by atoms with van der Waals surface area (Å²) in [4.78, 5) is 43.0. The number of anilines is 3. The second kappa shape index (κ2) is 12.3. The van der Waals surface area contributed by atoms with Crippen LogP contribution >= 0.6 is 12.2 Å². The number of hydrogen-bond donors (Lipinski definition) is 2. The van der Waals surface area contributed by atoms with Gasteiger partial charge in [0.25, 0.3) is 17.5 Å². The predicted molar refractivity (Wildman–Crippen MR) is 164 cm³/mol. The van der Waals surface area contributed by atoms with Gasteiger partial charge in [0.1, 0.15) is 5.69 Å². The molecule has 212 valence electrons. The monoisotopic (exact) mass is 572 g/mol. The summed E-state index contributed by atoms with van der Waals surface area (Å²) in [6.45, 7) is 6.21. The highest BCUT2D eigenvalue weighted by Crippen LogP contribution is 2.31. The molecule has 5 rings (SSSR count). The minimum absolute atomic E-state index is 0.0648. The molecule has 0 saturated carbocycles. The van der Waals surface area contributed by atoms with Crippen LogP contribution in [0.25, 0.3) is 0 Å². The van der Waals surface area contributed by atoms with Crippen LogP contribution in [0.2, 0.25) is 0 Å². The van der Waals surface area contributed by atoms with E-state index in [1.807, 2.05) is 65.3 Å². The molecule has 41 heavy (non-hydrogen) atoms. The van der Waals surface area contributed by atoms with Gasteiger partial charge in [0.2, 0.25) is 0 Å². The summed E-state index contributed by atoms with van der Waals surface area (Å²) in [6, 6.07) is 19.8. The third-order valence-electron chi connectivity index (χ3n) is 7.54. The molecular weight excluding hydrogens is 540 g/mol. The molecular formula is C30H32N6O4S. The zero-order chi connectivity index (χ0) is 28.9. The summed E-state index contributed by atoms with van der Waals surface area (Å²) in [5.74, 6) is -0.455. The van der Waals surface area contributed by atoms with Crippen LogP contribution in [0.1, 0.15) is 39.1 Å². The van der Waals surface area contributed by atoms with Gasteiger partial charge in [-0.3, -0.25) is 25.0 Å². The Morgan fingerprint density at radius 3 is 2.22 bits per heavy atom. The summed E-state index contributed by atoms with van der Waals surface area (Å²) in [7, 11) is 0. The average Bonchev–Trinajstić information content (AvgIpc) is 3.52. The molecule has 3 aromatic carbocycles. The molecule has 0 atom stereocenters. The summed E-state index contributed by atoms with van der Waals surface area (Å²) < 4.78 is 0. The van der Waals surface area contributed by atoms with Gasteiger partial charge in [0, 0.05) is 67.8 Å². The maximum absolute atomic E-state index is 12.9. The Morgan fingerprint density at radius 2 is 1.56 bits per heavy atom. The van der Waals surface area contributed by atoms with Gasteiger partial charge in [-0.15, -0.1) is 0 Å². The van der Waals surface area contributed by atoms with E-state index in [2.05, 4.69) is 15.5 Å². The summed E-state index contributed by atoms with van der Waals surface area (Å²) in [5, 5.41) is 17.4.